The van der Waals surface area contributed by atoms with Gasteiger partial charge in [-0.2, -0.15) is 0 Å². The summed E-state index contributed by atoms with van der Waals surface area (Å²) in [4.78, 5) is 10.7. The summed E-state index contributed by atoms with van der Waals surface area (Å²) in [7, 11) is 0. The minimum Gasteiger partial charge on any atom is -0.490 e. The highest BCUT2D eigenvalue weighted by atomic mass is 19.1. The fourth-order valence-electron chi connectivity index (χ4n) is 1.23. The third kappa shape index (κ3) is 3.65. The van der Waals surface area contributed by atoms with Gasteiger partial charge in [-0.1, -0.05) is 26.8 Å². The molecule has 0 saturated heterocycles. The standard InChI is InChI=1S/C13H17FO2/c1-13(2,3)7-8-16-12-10(9-15)5-4-6-11(12)14/h4-6,9H,7-8H2,1-3H3. The van der Waals surface area contributed by atoms with E-state index in [1.165, 1.54) is 12.1 Å². The summed E-state index contributed by atoms with van der Waals surface area (Å²) in [5.74, 6) is -0.430. The van der Waals surface area contributed by atoms with Crippen molar-refractivity contribution in [1.29, 1.82) is 0 Å². The van der Waals surface area contributed by atoms with E-state index in [0.29, 0.717) is 12.9 Å². The average Bonchev–Trinajstić information content (AvgIpc) is 2.18. The van der Waals surface area contributed by atoms with Crippen molar-refractivity contribution < 1.29 is 13.9 Å². The highest BCUT2D eigenvalue weighted by Crippen LogP contribution is 2.23. The van der Waals surface area contributed by atoms with Crippen molar-refractivity contribution >= 4 is 6.29 Å². The smallest absolute Gasteiger partial charge is 0.165 e. The number of hydrogen-bond acceptors (Lipinski definition) is 2. The zero-order valence-corrected chi connectivity index (χ0v) is 9.92. The highest BCUT2D eigenvalue weighted by molar-refractivity contribution is 5.79. The predicted molar refractivity (Wildman–Crippen MR) is 61.4 cm³/mol. The summed E-state index contributed by atoms with van der Waals surface area (Å²) < 4.78 is 18.7. The molecule has 2 nitrogen and oxygen atoms in total. The molecule has 0 spiro atoms. The molecule has 3 heteroatoms. The second-order valence-corrected chi connectivity index (χ2v) is 4.94. The van der Waals surface area contributed by atoms with Crippen LogP contribution in [0.25, 0.3) is 0 Å². The molecule has 0 bridgehead atoms. The molecule has 0 aliphatic rings. The zero-order valence-electron chi connectivity index (χ0n) is 9.92. The van der Waals surface area contributed by atoms with Crippen molar-refractivity contribution in [3.05, 3.63) is 29.6 Å². The molecule has 0 heterocycles. The van der Waals surface area contributed by atoms with Crippen molar-refractivity contribution in [2.45, 2.75) is 27.2 Å². The van der Waals surface area contributed by atoms with E-state index < -0.39 is 5.82 Å². The van der Waals surface area contributed by atoms with Gasteiger partial charge in [-0.05, 0) is 24.0 Å². The van der Waals surface area contributed by atoms with Crippen LogP contribution >= 0.6 is 0 Å². The van der Waals surface area contributed by atoms with Crippen molar-refractivity contribution in [2.24, 2.45) is 5.41 Å². The van der Waals surface area contributed by atoms with Gasteiger partial charge in [0.1, 0.15) is 0 Å². The van der Waals surface area contributed by atoms with Crippen molar-refractivity contribution in [3.63, 3.8) is 0 Å². The number of ether oxygens (including phenoxy) is 1. The molecule has 1 rings (SSSR count). The normalized spacial score (nSPS) is 11.2. The SMILES string of the molecule is CC(C)(C)CCOc1c(F)cccc1C=O. The summed E-state index contributed by atoms with van der Waals surface area (Å²) in [5, 5.41) is 0. The van der Waals surface area contributed by atoms with Gasteiger partial charge in [-0.15, -0.1) is 0 Å². The molecule has 0 fully saturated rings. The van der Waals surface area contributed by atoms with Crippen molar-refractivity contribution in [3.8, 4) is 5.75 Å². The number of carbonyl (C=O) groups excluding carboxylic acids is 1. The lowest BCUT2D eigenvalue weighted by molar-refractivity contribution is 0.111. The Morgan fingerprint density at radius 3 is 2.62 bits per heavy atom. The summed E-state index contributed by atoms with van der Waals surface area (Å²) >= 11 is 0. The maximum absolute atomic E-state index is 13.4. The Morgan fingerprint density at radius 1 is 1.38 bits per heavy atom. The van der Waals surface area contributed by atoms with Crippen LogP contribution in [-0.4, -0.2) is 12.9 Å². The number of aldehydes is 1. The van der Waals surface area contributed by atoms with Crippen molar-refractivity contribution in [1.82, 2.24) is 0 Å². The average molecular weight is 224 g/mol. The van der Waals surface area contributed by atoms with E-state index in [1.54, 1.807) is 6.07 Å². The number of benzene rings is 1. The van der Waals surface area contributed by atoms with E-state index in [4.69, 9.17) is 4.74 Å². The summed E-state index contributed by atoms with van der Waals surface area (Å²) in [5.41, 5.74) is 0.390. The van der Waals surface area contributed by atoms with Gasteiger partial charge in [0.15, 0.2) is 17.9 Å². The molecule has 0 amide bonds. The minimum atomic E-state index is -0.487. The van der Waals surface area contributed by atoms with E-state index in [1.807, 2.05) is 0 Å². The van der Waals surface area contributed by atoms with Crippen LogP contribution in [0.3, 0.4) is 0 Å². The van der Waals surface area contributed by atoms with Crippen LogP contribution in [0.2, 0.25) is 0 Å². The molecule has 0 atom stereocenters. The van der Waals surface area contributed by atoms with E-state index in [2.05, 4.69) is 20.8 Å². The monoisotopic (exact) mass is 224 g/mol. The Hall–Kier alpha value is -1.38. The summed E-state index contributed by atoms with van der Waals surface area (Å²) in [6, 6.07) is 4.33. The lowest BCUT2D eigenvalue weighted by Gasteiger charge is -2.18. The van der Waals surface area contributed by atoms with E-state index in [-0.39, 0.29) is 16.7 Å². The molecule has 0 aliphatic carbocycles. The Labute approximate surface area is 95.4 Å². The van der Waals surface area contributed by atoms with Gasteiger partial charge < -0.3 is 4.74 Å². The Kier molecular flexibility index (Phi) is 4.05. The van der Waals surface area contributed by atoms with E-state index >= 15 is 0 Å². The number of para-hydroxylation sites is 1. The van der Waals surface area contributed by atoms with Gasteiger partial charge in [0.25, 0.3) is 0 Å². The molecular formula is C13H17FO2. The van der Waals surface area contributed by atoms with E-state index in [9.17, 15) is 9.18 Å². The molecule has 0 saturated carbocycles. The van der Waals surface area contributed by atoms with Crippen LogP contribution in [0.1, 0.15) is 37.6 Å². The second kappa shape index (κ2) is 5.10. The van der Waals surface area contributed by atoms with Gasteiger partial charge in [0.2, 0.25) is 0 Å². The van der Waals surface area contributed by atoms with Gasteiger partial charge in [-0.25, -0.2) is 4.39 Å². The molecule has 0 N–H and O–H groups in total. The first-order valence-corrected chi connectivity index (χ1v) is 5.30. The van der Waals surface area contributed by atoms with Crippen LogP contribution in [0.15, 0.2) is 18.2 Å². The lowest BCUT2D eigenvalue weighted by atomic mass is 9.93. The molecular weight excluding hydrogens is 207 g/mol. The lowest BCUT2D eigenvalue weighted by Crippen LogP contribution is -2.12. The molecule has 0 radical (unpaired) electrons. The summed E-state index contributed by atoms with van der Waals surface area (Å²) in [6.45, 7) is 6.65. The second-order valence-electron chi connectivity index (χ2n) is 4.94. The van der Waals surface area contributed by atoms with Gasteiger partial charge in [0.05, 0.1) is 12.2 Å². The maximum Gasteiger partial charge on any atom is 0.165 e. The summed E-state index contributed by atoms with van der Waals surface area (Å²) in [6.07, 6.45) is 1.41. The number of hydrogen-bond donors (Lipinski definition) is 0. The number of halogens is 1. The quantitative estimate of drug-likeness (QED) is 0.732. The molecule has 0 aliphatic heterocycles. The van der Waals surface area contributed by atoms with Crippen LogP contribution in [-0.2, 0) is 0 Å². The van der Waals surface area contributed by atoms with Crippen molar-refractivity contribution in [2.75, 3.05) is 6.61 Å². The number of rotatable bonds is 4. The minimum absolute atomic E-state index is 0.0572. The van der Waals surface area contributed by atoms with Crippen LogP contribution in [0.4, 0.5) is 4.39 Å². The first-order valence-electron chi connectivity index (χ1n) is 5.30. The molecule has 1 aromatic rings. The highest BCUT2D eigenvalue weighted by Gasteiger charge is 2.13. The maximum atomic E-state index is 13.4. The Bertz CT molecular complexity index is 367. The zero-order chi connectivity index (χ0) is 12.2. The Balaban J connectivity index is 2.70. The topological polar surface area (TPSA) is 26.3 Å². The largest absolute Gasteiger partial charge is 0.490 e. The van der Waals surface area contributed by atoms with Crippen LogP contribution < -0.4 is 4.74 Å². The molecule has 0 aromatic heterocycles. The molecule has 88 valence electrons. The molecule has 1 aromatic carbocycles. The van der Waals surface area contributed by atoms with Gasteiger partial charge in [-0.3, -0.25) is 4.79 Å². The van der Waals surface area contributed by atoms with Gasteiger partial charge >= 0.3 is 0 Å². The fourth-order valence-corrected chi connectivity index (χ4v) is 1.23. The van der Waals surface area contributed by atoms with Crippen LogP contribution in [0, 0.1) is 11.2 Å². The fraction of sp³-hybridized carbons (Fsp3) is 0.462. The van der Waals surface area contributed by atoms with Crippen LogP contribution in [0.5, 0.6) is 5.75 Å². The van der Waals surface area contributed by atoms with E-state index in [0.717, 1.165) is 6.42 Å². The Morgan fingerprint density at radius 2 is 2.06 bits per heavy atom. The predicted octanol–water partition coefficient (Wildman–Crippen LogP) is 3.45. The molecule has 16 heavy (non-hydrogen) atoms. The first kappa shape index (κ1) is 12.7. The third-order valence-electron chi connectivity index (χ3n) is 2.22. The third-order valence-corrected chi connectivity index (χ3v) is 2.22. The molecule has 0 unspecified atom stereocenters. The van der Waals surface area contributed by atoms with Gasteiger partial charge in [0, 0.05) is 0 Å². The first-order chi connectivity index (χ1) is 7.44. The number of carbonyl (C=O) groups is 1.